The van der Waals surface area contributed by atoms with Crippen molar-refractivity contribution < 1.29 is 4.79 Å². The fourth-order valence-corrected chi connectivity index (χ4v) is 2.62. The summed E-state index contributed by atoms with van der Waals surface area (Å²) in [5, 5.41) is 3.90. The molecule has 1 N–H and O–H groups in total. The highest BCUT2D eigenvalue weighted by Crippen LogP contribution is 2.23. The molecule has 0 atom stereocenters. The molecule has 0 bridgehead atoms. The highest BCUT2D eigenvalue weighted by molar-refractivity contribution is 9.11. The topological polar surface area (TPSA) is 42.0 Å². The van der Waals surface area contributed by atoms with Crippen LogP contribution in [-0.4, -0.2) is 10.9 Å². The minimum absolute atomic E-state index is 0.125. The van der Waals surface area contributed by atoms with Crippen molar-refractivity contribution in [3.63, 3.8) is 0 Å². The third-order valence-electron chi connectivity index (χ3n) is 2.03. The van der Waals surface area contributed by atoms with Crippen LogP contribution in [0.5, 0.6) is 0 Å². The number of halogens is 2. The zero-order valence-corrected chi connectivity index (χ0v) is 11.8. The first kappa shape index (κ1) is 12.5. The molecule has 0 aliphatic carbocycles. The molecule has 0 unspecified atom stereocenters. The van der Waals surface area contributed by atoms with Gasteiger partial charge in [0.15, 0.2) is 5.13 Å². The number of hydrogen-bond acceptors (Lipinski definition) is 3. The zero-order chi connectivity index (χ0) is 12.3. The molecule has 3 nitrogen and oxygen atoms in total. The number of carbonyl (C=O) groups excluding carboxylic acids is 1. The molecule has 0 saturated carbocycles. The lowest BCUT2D eigenvalue weighted by Gasteiger charge is -2.03. The molecule has 0 spiro atoms. The Morgan fingerprint density at radius 1 is 1.47 bits per heavy atom. The lowest BCUT2D eigenvalue weighted by atomic mass is 10.1. The van der Waals surface area contributed by atoms with E-state index in [2.05, 4.69) is 26.2 Å². The van der Waals surface area contributed by atoms with E-state index in [1.165, 1.54) is 11.3 Å². The Balaban J connectivity index is 2.01. The first-order chi connectivity index (χ1) is 8.15. The van der Waals surface area contributed by atoms with Crippen molar-refractivity contribution in [2.75, 3.05) is 5.32 Å². The van der Waals surface area contributed by atoms with E-state index in [1.807, 2.05) is 18.2 Å². The lowest BCUT2D eigenvalue weighted by molar-refractivity contribution is -0.115. The molecule has 0 aliphatic heterocycles. The summed E-state index contributed by atoms with van der Waals surface area (Å²) in [6, 6.07) is 7.29. The summed E-state index contributed by atoms with van der Waals surface area (Å²) in [7, 11) is 0. The van der Waals surface area contributed by atoms with E-state index in [9.17, 15) is 4.79 Å². The molecule has 88 valence electrons. The van der Waals surface area contributed by atoms with E-state index < -0.39 is 0 Å². The van der Waals surface area contributed by atoms with Gasteiger partial charge in [0.2, 0.25) is 5.91 Å². The molecule has 17 heavy (non-hydrogen) atoms. The number of rotatable bonds is 3. The molecule has 0 fully saturated rings. The third-order valence-corrected chi connectivity index (χ3v) is 3.79. The van der Waals surface area contributed by atoms with Crippen LogP contribution in [0.3, 0.4) is 0 Å². The number of amides is 1. The largest absolute Gasteiger partial charge is 0.302 e. The standard InChI is InChI=1S/C11H8BrClN2OS/c12-9-6-14-11(17-9)15-10(16)5-7-3-1-2-4-8(7)13/h1-4,6H,5H2,(H,14,15,16). The third kappa shape index (κ3) is 3.52. The average molecular weight is 332 g/mol. The minimum Gasteiger partial charge on any atom is -0.302 e. The van der Waals surface area contributed by atoms with Gasteiger partial charge in [-0.2, -0.15) is 0 Å². The summed E-state index contributed by atoms with van der Waals surface area (Å²) in [5.41, 5.74) is 0.808. The van der Waals surface area contributed by atoms with Gasteiger partial charge in [-0.15, -0.1) is 0 Å². The minimum atomic E-state index is -0.125. The molecule has 0 saturated heterocycles. The van der Waals surface area contributed by atoms with Gasteiger partial charge in [0.25, 0.3) is 0 Å². The van der Waals surface area contributed by atoms with E-state index >= 15 is 0 Å². The molecule has 1 heterocycles. The van der Waals surface area contributed by atoms with Gasteiger partial charge in [0.1, 0.15) is 0 Å². The van der Waals surface area contributed by atoms with Crippen molar-refractivity contribution >= 4 is 49.9 Å². The summed E-state index contributed by atoms with van der Waals surface area (Å²) in [5.74, 6) is -0.125. The molecule has 2 aromatic rings. The lowest BCUT2D eigenvalue weighted by Crippen LogP contribution is -2.14. The van der Waals surface area contributed by atoms with Crippen molar-refractivity contribution in [2.24, 2.45) is 0 Å². The second kappa shape index (κ2) is 5.62. The van der Waals surface area contributed by atoms with Crippen molar-refractivity contribution in [3.05, 3.63) is 44.8 Å². The first-order valence-electron chi connectivity index (χ1n) is 4.80. The van der Waals surface area contributed by atoms with Gasteiger partial charge in [-0.05, 0) is 27.6 Å². The Bertz CT molecular complexity index is 544. The van der Waals surface area contributed by atoms with Gasteiger partial charge in [0.05, 0.1) is 16.4 Å². The first-order valence-corrected chi connectivity index (χ1v) is 6.78. The number of nitrogens with one attached hydrogen (secondary N) is 1. The summed E-state index contributed by atoms with van der Waals surface area (Å²) in [6.07, 6.45) is 1.90. The summed E-state index contributed by atoms with van der Waals surface area (Å²) < 4.78 is 0.880. The highest BCUT2D eigenvalue weighted by atomic mass is 79.9. The van der Waals surface area contributed by atoms with Gasteiger partial charge < -0.3 is 5.32 Å². The molecule has 0 radical (unpaired) electrons. The molecule has 0 aliphatic rings. The predicted molar refractivity (Wildman–Crippen MR) is 73.6 cm³/mol. The van der Waals surface area contributed by atoms with Crippen LogP contribution in [0.4, 0.5) is 5.13 Å². The Labute approximate surface area is 116 Å². The number of hydrogen-bond donors (Lipinski definition) is 1. The van der Waals surface area contributed by atoms with Crippen LogP contribution in [-0.2, 0) is 11.2 Å². The fourth-order valence-electron chi connectivity index (χ4n) is 1.29. The van der Waals surface area contributed by atoms with Gasteiger partial charge in [-0.25, -0.2) is 4.98 Å². The molecule has 1 amide bonds. The van der Waals surface area contributed by atoms with E-state index in [-0.39, 0.29) is 12.3 Å². The normalized spacial score (nSPS) is 10.2. The van der Waals surface area contributed by atoms with Gasteiger partial charge in [0, 0.05) is 5.02 Å². The Morgan fingerprint density at radius 3 is 2.88 bits per heavy atom. The van der Waals surface area contributed by atoms with Crippen molar-refractivity contribution in [1.29, 1.82) is 0 Å². The van der Waals surface area contributed by atoms with Crippen LogP contribution in [0.2, 0.25) is 5.02 Å². The van der Waals surface area contributed by atoms with E-state index in [0.29, 0.717) is 10.2 Å². The van der Waals surface area contributed by atoms with E-state index in [0.717, 1.165) is 9.35 Å². The SMILES string of the molecule is O=C(Cc1ccccc1Cl)Nc1ncc(Br)s1. The predicted octanol–water partition coefficient (Wildman–Crippen LogP) is 3.74. The maximum absolute atomic E-state index is 11.7. The highest BCUT2D eigenvalue weighted by Gasteiger charge is 2.08. The molecule has 1 aromatic carbocycles. The van der Waals surface area contributed by atoms with Crippen molar-refractivity contribution in [3.8, 4) is 0 Å². The van der Waals surface area contributed by atoms with Crippen LogP contribution in [0.1, 0.15) is 5.56 Å². The van der Waals surface area contributed by atoms with E-state index in [1.54, 1.807) is 12.3 Å². The number of aromatic nitrogens is 1. The van der Waals surface area contributed by atoms with E-state index in [4.69, 9.17) is 11.6 Å². The molecular weight excluding hydrogens is 324 g/mol. The van der Waals surface area contributed by atoms with Gasteiger partial charge in [-0.1, -0.05) is 41.1 Å². The smallest absolute Gasteiger partial charge is 0.230 e. The van der Waals surface area contributed by atoms with Gasteiger partial charge >= 0.3 is 0 Å². The Hall–Kier alpha value is -0.910. The second-order valence-electron chi connectivity index (χ2n) is 3.29. The summed E-state index contributed by atoms with van der Waals surface area (Å²) in [6.45, 7) is 0. The quantitative estimate of drug-likeness (QED) is 0.931. The van der Waals surface area contributed by atoms with Crippen LogP contribution >= 0.6 is 38.9 Å². The summed E-state index contributed by atoms with van der Waals surface area (Å²) in [4.78, 5) is 15.8. The zero-order valence-electron chi connectivity index (χ0n) is 8.61. The number of benzene rings is 1. The van der Waals surface area contributed by atoms with Gasteiger partial charge in [-0.3, -0.25) is 4.79 Å². The Kier molecular flexibility index (Phi) is 4.15. The monoisotopic (exact) mass is 330 g/mol. The molecule has 2 rings (SSSR count). The maximum atomic E-state index is 11.7. The van der Waals surface area contributed by atoms with Crippen LogP contribution < -0.4 is 5.32 Å². The molecule has 1 aromatic heterocycles. The van der Waals surface area contributed by atoms with Crippen LogP contribution in [0, 0.1) is 0 Å². The average Bonchev–Trinajstić information content (AvgIpc) is 2.67. The maximum Gasteiger partial charge on any atom is 0.230 e. The molecular formula is C11H8BrClN2OS. The van der Waals surface area contributed by atoms with Crippen molar-refractivity contribution in [2.45, 2.75) is 6.42 Å². The molecule has 6 heteroatoms. The number of carbonyl (C=O) groups is 1. The van der Waals surface area contributed by atoms with Crippen LogP contribution in [0.15, 0.2) is 34.2 Å². The number of nitrogens with zero attached hydrogens (tertiary/aromatic N) is 1. The fraction of sp³-hybridized carbons (Fsp3) is 0.0909. The Morgan fingerprint density at radius 2 is 2.24 bits per heavy atom. The summed E-state index contributed by atoms with van der Waals surface area (Å²) >= 11 is 10.6. The van der Waals surface area contributed by atoms with Crippen LogP contribution in [0.25, 0.3) is 0 Å². The number of thiazole rings is 1. The van der Waals surface area contributed by atoms with Crippen molar-refractivity contribution in [1.82, 2.24) is 4.98 Å². The number of anilines is 1. The second-order valence-corrected chi connectivity index (χ2v) is 6.10.